The molecule has 1 saturated carbocycles. The highest BCUT2D eigenvalue weighted by Crippen LogP contribution is 2.45. The topological polar surface area (TPSA) is 108 Å². The first-order valence-corrected chi connectivity index (χ1v) is 17.8. The van der Waals surface area contributed by atoms with E-state index in [4.69, 9.17) is 9.97 Å². The van der Waals surface area contributed by atoms with Crippen molar-refractivity contribution in [3.8, 4) is 0 Å². The third-order valence-electron chi connectivity index (χ3n) is 11.2. The Morgan fingerprint density at radius 3 is 2.53 bits per heavy atom. The number of nitrogens with zero attached hydrogens (tertiary/aromatic N) is 5. The SMILES string of the molecule is CC[C@H](Nc1nc2c(c(N[C@H](CN3CCC[C@@H](C)C3)c3cnn(C)c3)n1)[C@@H](C)[C@@H](c1ccccc1)CC2)C1CCC(F)(C(=O)O)CC1. The molecule has 3 heterocycles. The molecule has 0 radical (unpaired) electrons. The number of hydrogen-bond acceptors (Lipinski definition) is 7. The van der Waals surface area contributed by atoms with Gasteiger partial charge in [-0.15, -0.1) is 0 Å². The summed E-state index contributed by atoms with van der Waals surface area (Å²) in [7, 11) is 1.96. The minimum Gasteiger partial charge on any atom is -0.479 e. The monoisotopic (exact) mass is 645 g/mol. The molecule has 0 unspecified atom stereocenters. The van der Waals surface area contributed by atoms with Crippen LogP contribution in [0.1, 0.15) is 112 Å². The molecule has 3 aromatic rings. The van der Waals surface area contributed by atoms with E-state index in [-0.39, 0.29) is 36.8 Å². The second-order valence-electron chi connectivity index (χ2n) is 14.5. The van der Waals surface area contributed by atoms with E-state index in [0.29, 0.717) is 30.6 Å². The first kappa shape index (κ1) is 33.4. The number of halogens is 1. The van der Waals surface area contributed by atoms with Crippen LogP contribution in [-0.4, -0.2) is 67.1 Å². The van der Waals surface area contributed by atoms with Crippen LogP contribution in [0.5, 0.6) is 0 Å². The summed E-state index contributed by atoms with van der Waals surface area (Å²) in [5.41, 5.74) is 2.63. The average molecular weight is 646 g/mol. The highest BCUT2D eigenvalue weighted by molar-refractivity contribution is 5.77. The molecule has 6 rings (SSSR count). The van der Waals surface area contributed by atoms with Crippen LogP contribution in [0.15, 0.2) is 42.7 Å². The molecule has 2 fully saturated rings. The van der Waals surface area contributed by atoms with Crippen LogP contribution >= 0.6 is 0 Å². The van der Waals surface area contributed by atoms with Crippen LogP contribution in [0.4, 0.5) is 16.2 Å². The average Bonchev–Trinajstić information content (AvgIpc) is 3.50. The fourth-order valence-electron chi connectivity index (χ4n) is 8.42. The molecule has 0 bridgehead atoms. The smallest absolute Gasteiger partial charge is 0.341 e. The van der Waals surface area contributed by atoms with Crippen LogP contribution in [-0.2, 0) is 18.3 Å². The molecule has 1 aliphatic heterocycles. The second kappa shape index (κ2) is 14.3. The zero-order valence-corrected chi connectivity index (χ0v) is 28.5. The lowest BCUT2D eigenvalue weighted by molar-refractivity contribution is -0.153. The maximum absolute atomic E-state index is 14.9. The fourth-order valence-corrected chi connectivity index (χ4v) is 8.42. The molecule has 0 amide bonds. The van der Waals surface area contributed by atoms with E-state index in [1.54, 1.807) is 0 Å². The fraction of sp³-hybridized carbons (Fsp3) is 0.622. The number of aliphatic carboxylic acids is 1. The molecule has 0 spiro atoms. The first-order chi connectivity index (χ1) is 22.6. The molecule has 2 aromatic heterocycles. The highest BCUT2D eigenvalue weighted by Gasteiger charge is 2.44. The van der Waals surface area contributed by atoms with Crippen molar-refractivity contribution in [2.75, 3.05) is 30.3 Å². The van der Waals surface area contributed by atoms with Crippen molar-refractivity contribution in [3.63, 3.8) is 0 Å². The summed E-state index contributed by atoms with van der Waals surface area (Å²) in [4.78, 5) is 24.5. The number of carboxylic acids is 1. The van der Waals surface area contributed by atoms with E-state index < -0.39 is 11.6 Å². The molecule has 254 valence electrons. The van der Waals surface area contributed by atoms with Gasteiger partial charge in [0, 0.05) is 43.5 Å². The lowest BCUT2D eigenvalue weighted by atomic mass is 9.74. The normalized spacial score (nSPS) is 27.9. The van der Waals surface area contributed by atoms with Gasteiger partial charge in [-0.2, -0.15) is 10.1 Å². The van der Waals surface area contributed by atoms with E-state index in [2.05, 4.69) is 77.9 Å². The number of benzene rings is 1. The Morgan fingerprint density at radius 1 is 1.11 bits per heavy atom. The largest absolute Gasteiger partial charge is 0.479 e. The van der Waals surface area contributed by atoms with Gasteiger partial charge in [-0.05, 0) is 93.6 Å². The molecular weight excluding hydrogens is 593 g/mol. The van der Waals surface area contributed by atoms with E-state index in [1.807, 2.05) is 17.9 Å². The van der Waals surface area contributed by atoms with Crippen LogP contribution < -0.4 is 10.6 Å². The standard InChI is InChI=1S/C37H52FN7O2/c1-5-30(27-15-17-37(38,18-16-27)35(46)47)41-36-42-31-14-13-29(26-11-7-6-8-12-26)25(3)33(31)34(43-36)40-32(28-20-39-44(4)22-28)23-45-19-9-10-24(2)21-45/h6-8,11-12,20,22,24-25,27,29-30,32H,5,9-10,13-19,21,23H2,1-4H3,(H,46,47)(H2,40,41,42,43)/t24-,25+,27?,29+,30+,32-,37?/m1/s1. The summed E-state index contributed by atoms with van der Waals surface area (Å²) in [5.74, 6) is 1.55. The van der Waals surface area contributed by atoms with E-state index >= 15 is 0 Å². The van der Waals surface area contributed by atoms with E-state index in [9.17, 15) is 14.3 Å². The van der Waals surface area contributed by atoms with Crippen LogP contribution in [0.2, 0.25) is 0 Å². The lowest BCUT2D eigenvalue weighted by Crippen LogP contribution is -2.42. The molecule has 3 aliphatic rings. The minimum atomic E-state index is -2.12. The molecule has 47 heavy (non-hydrogen) atoms. The van der Waals surface area contributed by atoms with Crippen molar-refractivity contribution >= 4 is 17.7 Å². The summed E-state index contributed by atoms with van der Waals surface area (Å²) in [6.45, 7) is 9.81. The molecule has 10 heteroatoms. The number of carbonyl (C=O) groups is 1. The second-order valence-corrected chi connectivity index (χ2v) is 14.5. The predicted molar refractivity (Wildman–Crippen MR) is 183 cm³/mol. The van der Waals surface area contributed by atoms with Crippen LogP contribution in [0, 0.1) is 11.8 Å². The third-order valence-corrected chi connectivity index (χ3v) is 11.2. The zero-order valence-electron chi connectivity index (χ0n) is 28.5. The maximum Gasteiger partial charge on any atom is 0.341 e. The molecule has 9 nitrogen and oxygen atoms in total. The van der Waals surface area contributed by atoms with Gasteiger partial charge in [-0.3, -0.25) is 4.68 Å². The first-order valence-electron chi connectivity index (χ1n) is 17.8. The number of likely N-dealkylation sites (tertiary alicyclic amines) is 1. The molecule has 3 N–H and O–H groups in total. The predicted octanol–water partition coefficient (Wildman–Crippen LogP) is 7.10. The summed E-state index contributed by atoms with van der Waals surface area (Å²) < 4.78 is 16.8. The van der Waals surface area contributed by atoms with E-state index in [1.165, 1.54) is 24.0 Å². The Hall–Kier alpha value is -3.53. The van der Waals surface area contributed by atoms with Crippen molar-refractivity contribution < 1.29 is 14.3 Å². The number of anilines is 2. The van der Waals surface area contributed by atoms with E-state index in [0.717, 1.165) is 56.0 Å². The summed E-state index contributed by atoms with van der Waals surface area (Å²) in [6, 6.07) is 10.8. The van der Waals surface area contributed by atoms with Gasteiger partial charge in [0.25, 0.3) is 0 Å². The molecular formula is C37H52FN7O2. The van der Waals surface area contributed by atoms with Crippen molar-refractivity contribution in [2.24, 2.45) is 18.9 Å². The number of rotatable bonds is 11. The molecule has 1 saturated heterocycles. The number of piperidine rings is 1. The zero-order chi connectivity index (χ0) is 33.1. The van der Waals surface area contributed by atoms with Gasteiger partial charge in [-0.25, -0.2) is 14.2 Å². The quantitative estimate of drug-likeness (QED) is 0.203. The number of nitrogens with one attached hydrogen (secondary N) is 2. The van der Waals surface area contributed by atoms with Gasteiger partial charge in [0.1, 0.15) is 5.82 Å². The number of alkyl halides is 1. The van der Waals surface area contributed by atoms with Gasteiger partial charge in [-0.1, -0.05) is 51.1 Å². The number of carboxylic acid groups (broad SMARTS) is 1. The van der Waals surface area contributed by atoms with Crippen molar-refractivity contribution in [3.05, 3.63) is 65.1 Å². The molecule has 1 aromatic carbocycles. The summed E-state index contributed by atoms with van der Waals surface area (Å²) in [5, 5.41) is 21.5. The van der Waals surface area contributed by atoms with Gasteiger partial charge < -0.3 is 20.6 Å². The highest BCUT2D eigenvalue weighted by atomic mass is 19.1. The van der Waals surface area contributed by atoms with Gasteiger partial charge in [0.05, 0.1) is 17.9 Å². The van der Waals surface area contributed by atoms with Crippen LogP contribution in [0.3, 0.4) is 0 Å². The Labute approximate surface area is 278 Å². The minimum absolute atomic E-state index is 0.000774. The summed E-state index contributed by atoms with van der Waals surface area (Å²) >= 11 is 0. The van der Waals surface area contributed by atoms with Gasteiger partial charge in [0.15, 0.2) is 0 Å². The Bertz CT molecular complexity index is 1510. The number of fused-ring (bicyclic) bond motifs is 1. The third kappa shape index (κ3) is 7.47. The number of aryl methyl sites for hydroxylation is 2. The Morgan fingerprint density at radius 2 is 1.87 bits per heavy atom. The maximum atomic E-state index is 14.9. The van der Waals surface area contributed by atoms with Crippen molar-refractivity contribution in [1.29, 1.82) is 0 Å². The number of aromatic nitrogens is 4. The van der Waals surface area contributed by atoms with Gasteiger partial charge in [0.2, 0.25) is 11.6 Å². The molecule has 2 aliphatic carbocycles. The number of hydrogen-bond donors (Lipinski definition) is 3. The van der Waals surface area contributed by atoms with Crippen molar-refractivity contribution in [2.45, 2.75) is 108 Å². The summed E-state index contributed by atoms with van der Waals surface area (Å²) in [6.07, 6.45) is 10.4. The Kier molecular flexibility index (Phi) is 10.2. The van der Waals surface area contributed by atoms with Crippen LogP contribution in [0.25, 0.3) is 0 Å². The van der Waals surface area contributed by atoms with Crippen molar-refractivity contribution in [1.82, 2.24) is 24.6 Å². The van der Waals surface area contributed by atoms with Gasteiger partial charge >= 0.3 is 5.97 Å². The Balaban J connectivity index is 1.33. The lowest BCUT2D eigenvalue weighted by Gasteiger charge is -2.37. The molecule has 5 atom stereocenters.